The minimum Gasteiger partial charge on any atom is -0.461 e. The summed E-state index contributed by atoms with van der Waals surface area (Å²) >= 11 is 0. The first-order chi connectivity index (χ1) is 24.6. The van der Waals surface area contributed by atoms with Gasteiger partial charge in [0.2, 0.25) is 5.78 Å². The summed E-state index contributed by atoms with van der Waals surface area (Å²) in [6, 6.07) is 22.9. The van der Waals surface area contributed by atoms with Gasteiger partial charge in [-0.3, -0.25) is 4.79 Å². The number of aliphatic hydroxyl groups is 2. The van der Waals surface area contributed by atoms with Crippen molar-refractivity contribution in [2.75, 3.05) is 19.7 Å². The number of carbonyl (C=O) groups excluding carboxylic acids is 2. The number of aliphatic hydroxyl groups excluding tert-OH is 1. The number of furan rings is 1. The molecular formula is C43H49NO7. The molecule has 0 spiro atoms. The predicted molar refractivity (Wildman–Crippen MR) is 196 cm³/mol. The maximum Gasteiger partial charge on any atom is 0.415 e. The Kier molecular flexibility index (Phi) is 10.2. The van der Waals surface area contributed by atoms with E-state index in [9.17, 15) is 19.8 Å². The number of rotatable bonds is 7. The molecule has 1 saturated heterocycles. The number of allylic oxidation sites excluding steroid dienone is 2. The topological polar surface area (TPSA) is 109 Å². The van der Waals surface area contributed by atoms with E-state index < -0.39 is 23.2 Å². The van der Waals surface area contributed by atoms with Crippen molar-refractivity contribution in [3.05, 3.63) is 113 Å². The highest BCUT2D eigenvalue weighted by Crippen LogP contribution is 2.59. The first-order valence-electron chi connectivity index (χ1n) is 18.5. The Labute approximate surface area is 300 Å². The third kappa shape index (κ3) is 7.41. The zero-order valence-corrected chi connectivity index (χ0v) is 29.7. The Morgan fingerprint density at radius 3 is 2.61 bits per heavy atom. The van der Waals surface area contributed by atoms with Crippen molar-refractivity contribution >= 4 is 22.6 Å². The molecule has 5 unspecified atom stereocenters. The molecular weight excluding hydrogens is 642 g/mol. The molecule has 8 heteroatoms. The van der Waals surface area contributed by atoms with Gasteiger partial charge in [-0.05, 0) is 123 Å². The summed E-state index contributed by atoms with van der Waals surface area (Å²) in [5.74, 6) is 0.297. The lowest BCUT2D eigenvalue weighted by atomic mass is 9.64. The Morgan fingerprint density at radius 1 is 0.980 bits per heavy atom. The van der Waals surface area contributed by atoms with Crippen LogP contribution < -0.4 is 4.74 Å². The number of benzene rings is 3. The quantitative estimate of drug-likeness (QED) is 0.148. The maximum atomic E-state index is 14.1. The largest absolute Gasteiger partial charge is 0.461 e. The Hall–Kier alpha value is -4.24. The SMILES string of the molecule is CC1=CCCC2(C)C(CCC2(O)CN(CC2CCCO2)C(=O)Oc2ccc3ccccc3c2)c2ccc(cc2C(=O)c2ccco2)CC(O)CC1. The number of ether oxygens (including phenoxy) is 2. The molecule has 1 saturated carbocycles. The van der Waals surface area contributed by atoms with Gasteiger partial charge in [-0.1, -0.05) is 61.0 Å². The summed E-state index contributed by atoms with van der Waals surface area (Å²) in [4.78, 5) is 29.8. The van der Waals surface area contributed by atoms with Gasteiger partial charge < -0.3 is 29.0 Å². The third-order valence-corrected chi connectivity index (χ3v) is 11.7. The van der Waals surface area contributed by atoms with Crippen LogP contribution in [-0.4, -0.2) is 64.5 Å². The van der Waals surface area contributed by atoms with Gasteiger partial charge in [-0.2, -0.15) is 0 Å². The second-order valence-electron chi connectivity index (χ2n) is 15.1. The highest BCUT2D eigenvalue weighted by atomic mass is 16.6. The highest BCUT2D eigenvalue weighted by Gasteiger charge is 2.58. The molecule has 8 rings (SSSR count). The normalized spacial score (nSPS) is 26.7. The van der Waals surface area contributed by atoms with E-state index >= 15 is 0 Å². The van der Waals surface area contributed by atoms with Gasteiger partial charge in [0.15, 0.2) is 5.76 Å². The lowest BCUT2D eigenvalue weighted by Crippen LogP contribution is -2.55. The van der Waals surface area contributed by atoms with E-state index in [0.29, 0.717) is 63.0 Å². The summed E-state index contributed by atoms with van der Waals surface area (Å²) < 4.78 is 17.6. The Morgan fingerprint density at radius 2 is 1.82 bits per heavy atom. The van der Waals surface area contributed by atoms with Crippen LogP contribution in [0.2, 0.25) is 0 Å². The van der Waals surface area contributed by atoms with Gasteiger partial charge in [0.25, 0.3) is 0 Å². The molecule has 4 aliphatic rings. The van der Waals surface area contributed by atoms with E-state index in [-0.39, 0.29) is 30.1 Å². The van der Waals surface area contributed by atoms with Crippen molar-refractivity contribution in [3.63, 3.8) is 0 Å². The summed E-state index contributed by atoms with van der Waals surface area (Å²) in [6.45, 7) is 5.25. The van der Waals surface area contributed by atoms with Crippen LogP contribution in [0.3, 0.4) is 0 Å². The van der Waals surface area contributed by atoms with Crippen LogP contribution in [0.5, 0.6) is 5.75 Å². The standard InChI is InChI=1S/C43H49NO7/c1-29-8-5-20-42(2)38(36-18-14-30(24-33(45)16-13-29)25-37(36)40(46)39-12-7-23-50-39)19-21-43(42,48)28-44(27-35-11-6-22-49-35)41(47)51-34-17-15-31-9-3-4-10-32(31)26-34/h3-4,7-10,12,14-15,17-18,23,25-26,33,35,38,45,48H,5-6,11,13,16,19-22,24,27-28H2,1-2H3. The molecule has 3 aromatic carbocycles. The van der Waals surface area contributed by atoms with E-state index in [2.05, 4.69) is 19.9 Å². The molecule has 2 fully saturated rings. The lowest BCUT2D eigenvalue weighted by Gasteiger charge is -2.46. The fourth-order valence-corrected chi connectivity index (χ4v) is 8.69. The predicted octanol–water partition coefficient (Wildman–Crippen LogP) is 8.38. The Bertz CT molecular complexity index is 1890. The second kappa shape index (κ2) is 14.8. The van der Waals surface area contributed by atoms with E-state index in [1.165, 1.54) is 11.8 Å². The molecule has 0 radical (unpaired) electrons. The van der Waals surface area contributed by atoms with Crippen molar-refractivity contribution in [2.24, 2.45) is 5.41 Å². The lowest BCUT2D eigenvalue weighted by molar-refractivity contribution is -0.0831. The molecule has 2 N–H and O–H groups in total. The first-order valence-corrected chi connectivity index (χ1v) is 18.5. The molecule has 51 heavy (non-hydrogen) atoms. The van der Waals surface area contributed by atoms with E-state index in [1.54, 1.807) is 23.1 Å². The van der Waals surface area contributed by atoms with Gasteiger partial charge in [0, 0.05) is 17.6 Å². The van der Waals surface area contributed by atoms with Crippen molar-refractivity contribution in [1.82, 2.24) is 4.90 Å². The van der Waals surface area contributed by atoms with Crippen molar-refractivity contribution < 1.29 is 33.7 Å². The average Bonchev–Trinajstić information content (AvgIpc) is 3.90. The van der Waals surface area contributed by atoms with Crippen LogP contribution in [0.4, 0.5) is 4.79 Å². The molecule has 1 aliphatic heterocycles. The summed E-state index contributed by atoms with van der Waals surface area (Å²) in [5, 5.41) is 25.9. The van der Waals surface area contributed by atoms with Crippen LogP contribution in [0.25, 0.3) is 10.8 Å². The van der Waals surface area contributed by atoms with Crippen LogP contribution in [-0.2, 0) is 11.2 Å². The number of ketones is 1. The van der Waals surface area contributed by atoms with Gasteiger partial charge >= 0.3 is 6.09 Å². The molecule has 1 aromatic heterocycles. The molecule has 268 valence electrons. The number of carbonyl (C=O) groups is 2. The van der Waals surface area contributed by atoms with Crippen LogP contribution in [0.1, 0.15) is 98.4 Å². The fraction of sp³-hybridized carbons (Fsp3) is 0.442. The van der Waals surface area contributed by atoms with Gasteiger partial charge in [0.1, 0.15) is 5.75 Å². The number of fused-ring (bicyclic) bond motifs is 9. The molecule has 2 bridgehead atoms. The summed E-state index contributed by atoms with van der Waals surface area (Å²) in [7, 11) is 0. The van der Waals surface area contributed by atoms with Crippen molar-refractivity contribution in [2.45, 2.75) is 95.4 Å². The van der Waals surface area contributed by atoms with E-state index in [1.807, 2.05) is 54.6 Å². The molecule has 3 aliphatic carbocycles. The summed E-state index contributed by atoms with van der Waals surface area (Å²) in [5.41, 5.74) is 1.46. The number of nitrogens with zero attached hydrogens (tertiary/aromatic N) is 1. The number of hydrogen-bond donors (Lipinski definition) is 2. The Balaban J connectivity index is 1.25. The fourth-order valence-electron chi connectivity index (χ4n) is 8.69. The third-order valence-electron chi connectivity index (χ3n) is 11.7. The molecule has 1 amide bonds. The van der Waals surface area contributed by atoms with Gasteiger partial charge in [-0.15, -0.1) is 0 Å². The minimum absolute atomic E-state index is 0.0701. The molecule has 4 aromatic rings. The number of amides is 1. The van der Waals surface area contributed by atoms with Crippen molar-refractivity contribution in [3.8, 4) is 5.75 Å². The smallest absolute Gasteiger partial charge is 0.415 e. The summed E-state index contributed by atoms with van der Waals surface area (Å²) in [6.07, 6.45) is 8.53. The maximum absolute atomic E-state index is 14.1. The first kappa shape index (κ1) is 35.2. The van der Waals surface area contributed by atoms with Gasteiger partial charge in [0.05, 0.1) is 37.2 Å². The molecule has 2 heterocycles. The molecule has 8 nitrogen and oxygen atoms in total. The van der Waals surface area contributed by atoms with Gasteiger partial charge in [-0.25, -0.2) is 4.79 Å². The van der Waals surface area contributed by atoms with Crippen LogP contribution in [0, 0.1) is 5.41 Å². The average molecular weight is 692 g/mol. The van der Waals surface area contributed by atoms with Crippen LogP contribution in [0.15, 0.2) is 95.1 Å². The van der Waals surface area contributed by atoms with Crippen molar-refractivity contribution in [1.29, 1.82) is 0 Å². The van der Waals surface area contributed by atoms with E-state index in [0.717, 1.165) is 41.2 Å². The second-order valence-corrected chi connectivity index (χ2v) is 15.1. The molecule has 5 atom stereocenters. The monoisotopic (exact) mass is 691 g/mol. The zero-order valence-electron chi connectivity index (χ0n) is 29.7. The highest BCUT2D eigenvalue weighted by molar-refractivity contribution is 6.08. The van der Waals surface area contributed by atoms with E-state index in [4.69, 9.17) is 13.9 Å². The minimum atomic E-state index is -1.29. The van der Waals surface area contributed by atoms with Crippen LogP contribution >= 0.6 is 0 Å². The zero-order chi connectivity index (χ0) is 35.6. The number of hydrogen-bond acceptors (Lipinski definition) is 7.